The SMILES string of the molecule is O=C(Nc1nc2c(C(=O)Nc3ncc[nH]3)cccc2[nH]1)c1cccc(C#Cc2ccccc2)n1. The zero-order valence-electron chi connectivity index (χ0n) is 17.7. The third-order valence-electron chi connectivity index (χ3n) is 4.81. The molecule has 0 unspecified atom stereocenters. The summed E-state index contributed by atoms with van der Waals surface area (Å²) in [6.45, 7) is 0. The van der Waals surface area contributed by atoms with Gasteiger partial charge in [0, 0.05) is 18.0 Å². The molecule has 0 saturated heterocycles. The normalized spacial score (nSPS) is 10.4. The summed E-state index contributed by atoms with van der Waals surface area (Å²) < 4.78 is 0. The number of benzene rings is 2. The summed E-state index contributed by atoms with van der Waals surface area (Å²) in [5, 5.41) is 5.36. The molecule has 9 heteroatoms. The molecule has 3 heterocycles. The van der Waals surface area contributed by atoms with Crippen LogP contribution in [0.1, 0.15) is 32.1 Å². The van der Waals surface area contributed by atoms with E-state index >= 15 is 0 Å². The van der Waals surface area contributed by atoms with Gasteiger partial charge in [0.1, 0.15) is 16.9 Å². The molecule has 0 spiro atoms. The van der Waals surface area contributed by atoms with Gasteiger partial charge in [-0.3, -0.25) is 20.2 Å². The summed E-state index contributed by atoms with van der Waals surface area (Å²) in [4.78, 5) is 43.9. The Hall–Kier alpha value is -5.23. The van der Waals surface area contributed by atoms with Crippen LogP contribution in [0.2, 0.25) is 0 Å². The fraction of sp³-hybridized carbons (Fsp3) is 0. The number of amides is 2. The van der Waals surface area contributed by atoms with Crippen LogP contribution < -0.4 is 10.6 Å². The van der Waals surface area contributed by atoms with E-state index in [1.54, 1.807) is 42.6 Å². The van der Waals surface area contributed by atoms with Crippen LogP contribution in [-0.2, 0) is 0 Å². The lowest BCUT2D eigenvalue weighted by atomic mass is 10.2. The monoisotopic (exact) mass is 447 g/mol. The van der Waals surface area contributed by atoms with Gasteiger partial charge in [0.05, 0.1) is 11.1 Å². The number of H-pyrrole nitrogens is 2. The van der Waals surface area contributed by atoms with Gasteiger partial charge in [0.15, 0.2) is 0 Å². The molecule has 5 aromatic rings. The number of imidazole rings is 2. The Morgan fingerprint density at radius 2 is 1.62 bits per heavy atom. The summed E-state index contributed by atoms with van der Waals surface area (Å²) in [7, 11) is 0. The first-order chi connectivity index (χ1) is 16.7. The second kappa shape index (κ2) is 9.10. The Kier molecular flexibility index (Phi) is 5.53. The largest absolute Gasteiger partial charge is 0.331 e. The molecule has 0 radical (unpaired) electrons. The summed E-state index contributed by atoms with van der Waals surface area (Å²) in [6.07, 6.45) is 3.14. The average molecular weight is 447 g/mol. The van der Waals surface area contributed by atoms with Crippen molar-refractivity contribution in [3.63, 3.8) is 0 Å². The molecule has 2 amide bonds. The number of aromatic amines is 2. The number of hydrogen-bond acceptors (Lipinski definition) is 5. The van der Waals surface area contributed by atoms with Crippen LogP contribution in [0.5, 0.6) is 0 Å². The molecule has 9 nitrogen and oxygen atoms in total. The minimum atomic E-state index is -0.455. The van der Waals surface area contributed by atoms with Gasteiger partial charge in [-0.25, -0.2) is 15.0 Å². The number of pyridine rings is 1. The zero-order valence-corrected chi connectivity index (χ0v) is 17.7. The van der Waals surface area contributed by atoms with Crippen LogP contribution in [0.4, 0.5) is 11.9 Å². The second-order valence-electron chi connectivity index (χ2n) is 7.16. The topological polar surface area (TPSA) is 128 Å². The van der Waals surface area contributed by atoms with E-state index in [1.165, 1.54) is 6.20 Å². The van der Waals surface area contributed by atoms with Crippen LogP contribution in [0, 0.1) is 11.8 Å². The molecule has 0 atom stereocenters. The van der Waals surface area contributed by atoms with E-state index in [9.17, 15) is 9.59 Å². The predicted molar refractivity (Wildman–Crippen MR) is 127 cm³/mol. The van der Waals surface area contributed by atoms with Crippen LogP contribution >= 0.6 is 0 Å². The van der Waals surface area contributed by atoms with E-state index in [0.717, 1.165) is 5.56 Å². The van der Waals surface area contributed by atoms with Gasteiger partial charge >= 0.3 is 0 Å². The molecule has 4 N–H and O–H groups in total. The minimum Gasteiger partial charge on any atom is -0.331 e. The first-order valence-electron chi connectivity index (χ1n) is 10.3. The summed E-state index contributed by atoms with van der Waals surface area (Å²) >= 11 is 0. The van der Waals surface area contributed by atoms with Crippen LogP contribution in [0.3, 0.4) is 0 Å². The van der Waals surface area contributed by atoms with Crippen molar-refractivity contribution in [2.75, 3.05) is 10.6 Å². The van der Waals surface area contributed by atoms with E-state index in [-0.39, 0.29) is 17.5 Å². The quantitative estimate of drug-likeness (QED) is 0.313. The smallest absolute Gasteiger partial charge is 0.276 e. The Morgan fingerprint density at radius 1 is 0.794 bits per heavy atom. The molecule has 0 aliphatic heterocycles. The predicted octanol–water partition coefficient (Wildman–Crippen LogP) is 3.59. The Labute approximate surface area is 193 Å². The lowest BCUT2D eigenvalue weighted by Gasteiger charge is -2.02. The van der Waals surface area contributed by atoms with Crippen LogP contribution in [0.15, 0.2) is 79.1 Å². The third kappa shape index (κ3) is 4.51. The first kappa shape index (κ1) is 20.7. The molecule has 5 rings (SSSR count). The highest BCUT2D eigenvalue weighted by Crippen LogP contribution is 2.20. The number of nitrogens with zero attached hydrogens (tertiary/aromatic N) is 3. The fourth-order valence-electron chi connectivity index (χ4n) is 3.24. The molecule has 3 aromatic heterocycles. The lowest BCUT2D eigenvalue weighted by molar-refractivity contribution is 0.101. The molecule has 2 aromatic carbocycles. The highest BCUT2D eigenvalue weighted by Gasteiger charge is 2.16. The summed E-state index contributed by atoms with van der Waals surface area (Å²) in [5.74, 6) is 5.67. The van der Waals surface area contributed by atoms with Crippen molar-refractivity contribution in [3.05, 3.63) is 102 Å². The number of aromatic nitrogens is 5. The van der Waals surface area contributed by atoms with Gasteiger partial charge in [-0.1, -0.05) is 36.3 Å². The number of nitrogens with one attached hydrogen (secondary N) is 4. The summed E-state index contributed by atoms with van der Waals surface area (Å²) in [5.41, 5.74) is 2.86. The van der Waals surface area contributed by atoms with Crippen molar-refractivity contribution in [2.24, 2.45) is 0 Å². The Bertz CT molecular complexity index is 1540. The highest BCUT2D eigenvalue weighted by atomic mass is 16.2. The van der Waals surface area contributed by atoms with E-state index in [4.69, 9.17) is 0 Å². The van der Waals surface area contributed by atoms with Gasteiger partial charge in [-0.15, -0.1) is 0 Å². The molecule has 0 saturated carbocycles. The van der Waals surface area contributed by atoms with E-state index < -0.39 is 5.91 Å². The van der Waals surface area contributed by atoms with Crippen molar-refractivity contribution in [3.8, 4) is 11.8 Å². The number of carbonyl (C=O) groups excluding carboxylic acids is 2. The van der Waals surface area contributed by atoms with Crippen molar-refractivity contribution in [2.45, 2.75) is 0 Å². The average Bonchev–Trinajstić information content (AvgIpc) is 3.52. The van der Waals surface area contributed by atoms with E-state index in [2.05, 4.69) is 47.4 Å². The molecule has 0 aliphatic carbocycles. The number of fused-ring (bicyclic) bond motifs is 1. The van der Waals surface area contributed by atoms with Gasteiger partial charge in [-0.05, 0) is 42.3 Å². The molecular formula is C25H17N7O2. The number of rotatable bonds is 4. The van der Waals surface area contributed by atoms with Crippen molar-refractivity contribution in [1.29, 1.82) is 0 Å². The van der Waals surface area contributed by atoms with Gasteiger partial charge in [-0.2, -0.15) is 0 Å². The highest BCUT2D eigenvalue weighted by molar-refractivity contribution is 6.11. The standard InChI is InChI=1S/C25H17N7O2/c33-22(31-24-26-14-15-27-24)18-9-5-10-19-21(18)30-25(29-19)32-23(34)20-11-4-8-17(28-20)13-12-16-6-2-1-3-7-16/h1-11,14-15H,(H2,26,27,31,33)(H2,29,30,32,34). The lowest BCUT2D eigenvalue weighted by Crippen LogP contribution is -2.15. The Balaban J connectivity index is 1.35. The summed E-state index contributed by atoms with van der Waals surface area (Å²) in [6, 6.07) is 19.7. The van der Waals surface area contributed by atoms with Crippen LogP contribution in [-0.4, -0.2) is 36.7 Å². The van der Waals surface area contributed by atoms with Crippen molar-refractivity contribution < 1.29 is 9.59 Å². The molecule has 0 aliphatic rings. The van der Waals surface area contributed by atoms with Crippen molar-refractivity contribution >= 4 is 34.7 Å². The van der Waals surface area contributed by atoms with Crippen molar-refractivity contribution in [1.82, 2.24) is 24.9 Å². The fourth-order valence-corrected chi connectivity index (χ4v) is 3.24. The number of anilines is 2. The van der Waals surface area contributed by atoms with Gasteiger partial charge < -0.3 is 9.97 Å². The van der Waals surface area contributed by atoms with Gasteiger partial charge in [0.2, 0.25) is 11.9 Å². The third-order valence-corrected chi connectivity index (χ3v) is 4.81. The molecule has 34 heavy (non-hydrogen) atoms. The molecule has 0 fully saturated rings. The minimum absolute atomic E-state index is 0.191. The molecule has 0 bridgehead atoms. The van der Waals surface area contributed by atoms with E-state index in [1.807, 2.05) is 30.3 Å². The maximum atomic E-state index is 12.8. The molecular weight excluding hydrogens is 430 g/mol. The molecule has 164 valence electrons. The zero-order chi connectivity index (χ0) is 23.3. The van der Waals surface area contributed by atoms with Gasteiger partial charge in [0.25, 0.3) is 11.8 Å². The maximum absolute atomic E-state index is 12.8. The number of carbonyl (C=O) groups is 2. The number of para-hydroxylation sites is 1. The van der Waals surface area contributed by atoms with Crippen LogP contribution in [0.25, 0.3) is 11.0 Å². The number of hydrogen-bond donors (Lipinski definition) is 4. The maximum Gasteiger partial charge on any atom is 0.276 e. The Morgan fingerprint density at radius 3 is 2.44 bits per heavy atom. The first-order valence-corrected chi connectivity index (χ1v) is 10.3. The second-order valence-corrected chi connectivity index (χ2v) is 7.16. The van der Waals surface area contributed by atoms with E-state index in [0.29, 0.717) is 28.2 Å².